The van der Waals surface area contributed by atoms with Crippen LogP contribution in [0.25, 0.3) is 0 Å². The number of rotatable bonds is 6. The number of piperidine rings is 1. The highest BCUT2D eigenvalue weighted by atomic mass is 32.2. The summed E-state index contributed by atoms with van der Waals surface area (Å²) in [5.74, 6) is 1.64. The van der Waals surface area contributed by atoms with Gasteiger partial charge < -0.3 is 10.1 Å². The monoisotopic (exact) mass is 352 g/mol. The predicted octanol–water partition coefficient (Wildman–Crippen LogP) is 2.25. The molecule has 1 saturated carbocycles. The molecule has 134 valence electrons. The van der Waals surface area contributed by atoms with Gasteiger partial charge in [0, 0.05) is 18.5 Å². The minimum absolute atomic E-state index is 0.0847. The average molecular weight is 353 g/mol. The van der Waals surface area contributed by atoms with Gasteiger partial charge in [0.05, 0.1) is 12.9 Å². The molecule has 0 spiro atoms. The van der Waals surface area contributed by atoms with E-state index in [1.54, 1.807) is 7.11 Å². The van der Waals surface area contributed by atoms with Crippen molar-refractivity contribution in [1.29, 1.82) is 0 Å². The van der Waals surface area contributed by atoms with Crippen LogP contribution < -0.4 is 14.8 Å². The van der Waals surface area contributed by atoms with E-state index in [4.69, 9.17) is 4.74 Å². The van der Waals surface area contributed by atoms with Crippen molar-refractivity contribution in [2.45, 2.75) is 44.1 Å². The Morgan fingerprint density at radius 1 is 1.17 bits per heavy atom. The van der Waals surface area contributed by atoms with Crippen LogP contribution >= 0.6 is 0 Å². The Bertz CT molecular complexity index is 624. The first-order valence-corrected chi connectivity index (χ1v) is 10.6. The molecule has 2 N–H and O–H groups in total. The molecule has 1 aromatic rings. The average Bonchev–Trinajstić information content (AvgIpc) is 3.07. The Balaban J connectivity index is 1.69. The number of sulfonamides is 1. The molecule has 2 unspecified atom stereocenters. The molecular formula is C18H28N2O3S. The Morgan fingerprint density at radius 2 is 1.88 bits per heavy atom. The highest BCUT2D eigenvalue weighted by molar-refractivity contribution is 7.89. The summed E-state index contributed by atoms with van der Waals surface area (Å²) in [4.78, 5) is 0. The molecule has 24 heavy (non-hydrogen) atoms. The van der Waals surface area contributed by atoms with Crippen LogP contribution in [0.5, 0.6) is 5.75 Å². The minimum Gasteiger partial charge on any atom is -0.497 e. The normalized spacial score (nSPS) is 25.7. The van der Waals surface area contributed by atoms with Gasteiger partial charge >= 0.3 is 0 Å². The lowest BCUT2D eigenvalue weighted by atomic mass is 9.86. The van der Waals surface area contributed by atoms with Gasteiger partial charge in [-0.2, -0.15) is 0 Å². The fourth-order valence-electron chi connectivity index (χ4n) is 4.00. The Kier molecular flexibility index (Phi) is 5.79. The lowest BCUT2D eigenvalue weighted by molar-refractivity contribution is 0.376. The van der Waals surface area contributed by atoms with E-state index in [0.29, 0.717) is 12.5 Å². The second kappa shape index (κ2) is 7.85. The van der Waals surface area contributed by atoms with E-state index in [2.05, 4.69) is 10.0 Å². The first-order valence-electron chi connectivity index (χ1n) is 8.92. The standard InChI is InChI=1S/C18H28N2O3S/c1-23-16-8-6-15(7-9-16)17-10-11-19-12-18(17)20-24(21,22)13-14-4-2-3-5-14/h6-9,14,17-20H,2-5,10-13H2,1H3. The summed E-state index contributed by atoms with van der Waals surface area (Å²) < 4.78 is 33.3. The summed E-state index contributed by atoms with van der Waals surface area (Å²) in [5, 5.41) is 3.32. The number of nitrogens with one attached hydrogen (secondary N) is 2. The molecule has 6 heteroatoms. The van der Waals surface area contributed by atoms with Crippen molar-refractivity contribution in [3.63, 3.8) is 0 Å². The predicted molar refractivity (Wildman–Crippen MR) is 95.9 cm³/mol. The van der Waals surface area contributed by atoms with Crippen molar-refractivity contribution >= 4 is 10.0 Å². The summed E-state index contributed by atoms with van der Waals surface area (Å²) in [5.41, 5.74) is 1.17. The summed E-state index contributed by atoms with van der Waals surface area (Å²) in [6, 6.07) is 7.90. The molecule has 0 aromatic heterocycles. The van der Waals surface area contributed by atoms with Crippen LogP contribution in [-0.2, 0) is 10.0 Å². The third-order valence-electron chi connectivity index (χ3n) is 5.29. The Morgan fingerprint density at radius 3 is 2.54 bits per heavy atom. The number of methoxy groups -OCH3 is 1. The number of hydrogen-bond acceptors (Lipinski definition) is 4. The SMILES string of the molecule is COc1ccc(C2CCNCC2NS(=O)(=O)CC2CCCC2)cc1. The van der Waals surface area contributed by atoms with Crippen LogP contribution in [0.1, 0.15) is 43.6 Å². The molecule has 0 amide bonds. The molecule has 2 fully saturated rings. The third-order valence-corrected chi connectivity index (χ3v) is 6.86. The first kappa shape index (κ1) is 17.7. The molecule has 0 bridgehead atoms. The molecule has 3 rings (SSSR count). The van der Waals surface area contributed by atoms with Gasteiger partial charge in [-0.25, -0.2) is 13.1 Å². The van der Waals surface area contributed by atoms with Crippen LogP contribution in [0.4, 0.5) is 0 Å². The van der Waals surface area contributed by atoms with E-state index in [1.807, 2.05) is 24.3 Å². The zero-order chi connectivity index (χ0) is 17.0. The van der Waals surface area contributed by atoms with Gasteiger partial charge in [-0.15, -0.1) is 0 Å². The molecule has 2 aliphatic rings. The Labute approximate surface area is 145 Å². The minimum atomic E-state index is -3.23. The van der Waals surface area contributed by atoms with Crippen molar-refractivity contribution < 1.29 is 13.2 Å². The summed E-state index contributed by atoms with van der Waals surface area (Å²) in [6.07, 6.45) is 5.36. The van der Waals surface area contributed by atoms with Gasteiger partial charge in [-0.3, -0.25) is 0 Å². The maximum absolute atomic E-state index is 12.6. The first-order chi connectivity index (χ1) is 11.6. The maximum atomic E-state index is 12.6. The van der Waals surface area contributed by atoms with E-state index in [0.717, 1.165) is 31.6 Å². The van der Waals surface area contributed by atoms with Gasteiger partial charge in [0.25, 0.3) is 0 Å². The van der Waals surface area contributed by atoms with E-state index in [-0.39, 0.29) is 17.7 Å². The zero-order valence-corrected chi connectivity index (χ0v) is 15.1. The highest BCUT2D eigenvalue weighted by Gasteiger charge is 2.31. The fourth-order valence-corrected chi connectivity index (χ4v) is 5.76. The van der Waals surface area contributed by atoms with Gasteiger partial charge in [-0.05, 0) is 49.4 Å². The maximum Gasteiger partial charge on any atom is 0.212 e. The van der Waals surface area contributed by atoms with Crippen LogP contribution in [0, 0.1) is 5.92 Å². The molecular weight excluding hydrogens is 324 g/mol. The molecule has 1 aliphatic carbocycles. The molecule has 5 nitrogen and oxygen atoms in total. The number of hydrogen-bond donors (Lipinski definition) is 2. The van der Waals surface area contributed by atoms with Crippen molar-refractivity contribution in [2.24, 2.45) is 5.92 Å². The highest BCUT2D eigenvalue weighted by Crippen LogP contribution is 2.29. The van der Waals surface area contributed by atoms with Crippen LogP contribution in [0.2, 0.25) is 0 Å². The second-order valence-corrected chi connectivity index (χ2v) is 8.83. The van der Waals surface area contributed by atoms with Gasteiger partial charge in [0.15, 0.2) is 0 Å². The second-order valence-electron chi connectivity index (χ2n) is 7.03. The molecule has 0 radical (unpaired) electrons. The molecule has 1 saturated heterocycles. The van der Waals surface area contributed by atoms with E-state index < -0.39 is 10.0 Å². The molecule has 1 aliphatic heterocycles. The van der Waals surface area contributed by atoms with Gasteiger partial charge in [-0.1, -0.05) is 25.0 Å². The largest absolute Gasteiger partial charge is 0.497 e. The van der Waals surface area contributed by atoms with Crippen molar-refractivity contribution in [3.8, 4) is 5.75 Å². The van der Waals surface area contributed by atoms with E-state index >= 15 is 0 Å². The van der Waals surface area contributed by atoms with E-state index in [9.17, 15) is 8.42 Å². The van der Waals surface area contributed by atoms with Crippen molar-refractivity contribution in [2.75, 3.05) is 26.0 Å². The molecule has 1 heterocycles. The molecule has 1 aromatic carbocycles. The summed E-state index contributed by atoms with van der Waals surface area (Å²) in [6.45, 7) is 1.60. The van der Waals surface area contributed by atoms with Crippen molar-refractivity contribution in [1.82, 2.24) is 10.0 Å². The number of ether oxygens (including phenoxy) is 1. The number of benzene rings is 1. The van der Waals surface area contributed by atoms with Crippen LogP contribution in [0.15, 0.2) is 24.3 Å². The van der Waals surface area contributed by atoms with Gasteiger partial charge in [0.1, 0.15) is 5.75 Å². The summed E-state index contributed by atoms with van der Waals surface area (Å²) >= 11 is 0. The van der Waals surface area contributed by atoms with E-state index in [1.165, 1.54) is 18.4 Å². The fraction of sp³-hybridized carbons (Fsp3) is 0.667. The lowest BCUT2D eigenvalue weighted by Gasteiger charge is -2.33. The topological polar surface area (TPSA) is 67.4 Å². The molecule has 2 atom stereocenters. The van der Waals surface area contributed by atoms with Crippen molar-refractivity contribution in [3.05, 3.63) is 29.8 Å². The Hall–Kier alpha value is -1.11. The third kappa shape index (κ3) is 4.49. The van der Waals surface area contributed by atoms with Gasteiger partial charge in [0.2, 0.25) is 10.0 Å². The summed E-state index contributed by atoms with van der Waals surface area (Å²) in [7, 11) is -1.58. The van der Waals surface area contributed by atoms with Crippen LogP contribution in [0.3, 0.4) is 0 Å². The zero-order valence-electron chi connectivity index (χ0n) is 14.3. The lowest BCUT2D eigenvalue weighted by Crippen LogP contribution is -2.50. The smallest absolute Gasteiger partial charge is 0.212 e. The quantitative estimate of drug-likeness (QED) is 0.824. The van der Waals surface area contributed by atoms with Crippen LogP contribution in [-0.4, -0.2) is 40.4 Å².